The lowest BCUT2D eigenvalue weighted by Gasteiger charge is -2.30. The van der Waals surface area contributed by atoms with Crippen LogP contribution in [0.25, 0.3) is 0 Å². The summed E-state index contributed by atoms with van der Waals surface area (Å²) in [6.07, 6.45) is 7.31. The van der Waals surface area contributed by atoms with Gasteiger partial charge < -0.3 is 5.32 Å². The molecule has 0 aromatic carbocycles. The van der Waals surface area contributed by atoms with Gasteiger partial charge in [-0.1, -0.05) is 28.9 Å². The second kappa shape index (κ2) is 7.97. The van der Waals surface area contributed by atoms with Crippen LogP contribution < -0.4 is 5.32 Å². The number of halogens is 1. The van der Waals surface area contributed by atoms with Crippen molar-refractivity contribution < 1.29 is 9.59 Å². The molecule has 2 rings (SSSR count). The highest BCUT2D eigenvalue weighted by atomic mass is 79.9. The van der Waals surface area contributed by atoms with Crippen molar-refractivity contribution in [3.8, 4) is 0 Å². The number of rotatable bonds is 6. The van der Waals surface area contributed by atoms with Gasteiger partial charge in [-0.2, -0.15) is 0 Å². The van der Waals surface area contributed by atoms with E-state index in [4.69, 9.17) is 12.2 Å². The van der Waals surface area contributed by atoms with Crippen LogP contribution in [0.4, 0.5) is 0 Å². The van der Waals surface area contributed by atoms with E-state index >= 15 is 0 Å². The number of fused-ring (bicyclic) bond motifs is 1. The first-order valence-corrected chi connectivity index (χ1v) is 8.91. The SMILES string of the molecule is CCC(C)NC(=O)CCCN1C(=O)C2C=C(Br)C=CC2=NC1=S. The molecule has 1 aliphatic carbocycles. The maximum atomic E-state index is 12.6. The minimum absolute atomic E-state index is 0.00200. The van der Waals surface area contributed by atoms with Gasteiger partial charge in [-0.05, 0) is 44.1 Å². The summed E-state index contributed by atoms with van der Waals surface area (Å²) < 4.78 is 0.857. The number of hydrogen-bond donors (Lipinski definition) is 1. The van der Waals surface area contributed by atoms with E-state index in [9.17, 15) is 9.59 Å². The highest BCUT2D eigenvalue weighted by Crippen LogP contribution is 2.25. The molecule has 2 unspecified atom stereocenters. The van der Waals surface area contributed by atoms with Crippen LogP contribution in [0.2, 0.25) is 0 Å². The van der Waals surface area contributed by atoms with Gasteiger partial charge in [-0.3, -0.25) is 14.5 Å². The molecule has 2 atom stereocenters. The summed E-state index contributed by atoms with van der Waals surface area (Å²) in [6, 6.07) is 0.170. The Hall–Kier alpha value is -1.34. The van der Waals surface area contributed by atoms with Crippen LogP contribution >= 0.6 is 28.1 Å². The molecule has 0 aromatic rings. The van der Waals surface area contributed by atoms with E-state index in [0.717, 1.165) is 10.9 Å². The predicted molar refractivity (Wildman–Crippen MR) is 98.5 cm³/mol. The van der Waals surface area contributed by atoms with E-state index in [-0.39, 0.29) is 23.0 Å². The van der Waals surface area contributed by atoms with Gasteiger partial charge in [0.1, 0.15) is 5.92 Å². The molecule has 0 aromatic heterocycles. The first-order chi connectivity index (χ1) is 10.9. The van der Waals surface area contributed by atoms with Crippen LogP contribution in [0.3, 0.4) is 0 Å². The Morgan fingerprint density at radius 2 is 2.26 bits per heavy atom. The zero-order valence-corrected chi connectivity index (χ0v) is 15.6. The Morgan fingerprint density at radius 3 is 2.96 bits per heavy atom. The number of allylic oxidation sites excluding steroid dienone is 3. The van der Waals surface area contributed by atoms with Crippen LogP contribution in [-0.2, 0) is 9.59 Å². The van der Waals surface area contributed by atoms with Gasteiger partial charge in [-0.15, -0.1) is 0 Å². The van der Waals surface area contributed by atoms with Gasteiger partial charge in [0.25, 0.3) is 0 Å². The summed E-state index contributed by atoms with van der Waals surface area (Å²) in [5.41, 5.74) is 0.675. The Balaban J connectivity index is 1.92. The maximum Gasteiger partial charge on any atom is 0.241 e. The molecule has 0 radical (unpaired) electrons. The molecule has 1 aliphatic heterocycles. The second-order valence-electron chi connectivity index (χ2n) is 5.65. The van der Waals surface area contributed by atoms with Crippen LogP contribution in [0.15, 0.2) is 27.7 Å². The van der Waals surface area contributed by atoms with Crippen LogP contribution in [0, 0.1) is 5.92 Å². The lowest BCUT2D eigenvalue weighted by atomic mass is 9.95. The van der Waals surface area contributed by atoms with Gasteiger partial charge in [0, 0.05) is 23.5 Å². The normalized spacial score (nSPS) is 21.5. The molecule has 0 fully saturated rings. The zero-order valence-electron chi connectivity index (χ0n) is 13.2. The second-order valence-corrected chi connectivity index (χ2v) is 6.93. The lowest BCUT2D eigenvalue weighted by Crippen LogP contribution is -2.46. The number of carbonyl (C=O) groups excluding carboxylic acids is 2. The van der Waals surface area contributed by atoms with Crippen molar-refractivity contribution in [1.82, 2.24) is 10.2 Å². The van der Waals surface area contributed by atoms with Crippen molar-refractivity contribution in [3.05, 3.63) is 22.7 Å². The number of nitrogens with one attached hydrogen (secondary N) is 1. The lowest BCUT2D eigenvalue weighted by molar-refractivity contribution is -0.129. The van der Waals surface area contributed by atoms with Gasteiger partial charge in [0.15, 0.2) is 0 Å². The summed E-state index contributed by atoms with van der Waals surface area (Å²) in [4.78, 5) is 30.2. The zero-order chi connectivity index (χ0) is 17.0. The van der Waals surface area contributed by atoms with Crippen LogP contribution in [0.5, 0.6) is 0 Å². The summed E-state index contributed by atoms with van der Waals surface area (Å²) >= 11 is 8.60. The molecular formula is C16H20BrN3O2S. The highest BCUT2D eigenvalue weighted by molar-refractivity contribution is 9.11. The molecule has 1 heterocycles. The smallest absolute Gasteiger partial charge is 0.241 e. The fourth-order valence-corrected chi connectivity index (χ4v) is 3.04. The van der Waals surface area contributed by atoms with Gasteiger partial charge in [0.2, 0.25) is 16.9 Å². The van der Waals surface area contributed by atoms with Gasteiger partial charge in [0.05, 0.1) is 5.71 Å². The van der Waals surface area contributed by atoms with E-state index in [1.54, 1.807) is 6.08 Å². The first-order valence-electron chi connectivity index (χ1n) is 7.71. The summed E-state index contributed by atoms with van der Waals surface area (Å²) in [7, 11) is 0. The standard InChI is InChI=1S/C16H20BrN3O2S/c1-3-10(2)18-14(21)5-4-8-20-15(22)12-9-11(17)6-7-13(12)19-16(20)23/h6-7,9-10,12H,3-5,8H2,1-2H3,(H,18,21). The summed E-state index contributed by atoms with van der Waals surface area (Å²) in [6.45, 7) is 4.40. The Morgan fingerprint density at radius 1 is 1.52 bits per heavy atom. The third kappa shape index (κ3) is 4.57. The quantitative estimate of drug-likeness (QED) is 0.700. The Bertz CT molecular complexity index is 612. The van der Waals surface area contributed by atoms with Crippen molar-refractivity contribution >= 4 is 50.8 Å². The Kier molecular flexibility index (Phi) is 6.24. The fourth-order valence-electron chi connectivity index (χ4n) is 2.36. The third-order valence-electron chi connectivity index (χ3n) is 3.85. The van der Waals surface area contributed by atoms with E-state index in [0.29, 0.717) is 25.1 Å². The van der Waals surface area contributed by atoms with Crippen molar-refractivity contribution in [3.63, 3.8) is 0 Å². The average molecular weight is 398 g/mol. The molecule has 1 N–H and O–H groups in total. The molecule has 0 saturated carbocycles. The van der Waals surface area contributed by atoms with E-state index in [1.807, 2.05) is 26.0 Å². The van der Waals surface area contributed by atoms with Crippen molar-refractivity contribution in [2.45, 2.75) is 39.2 Å². The van der Waals surface area contributed by atoms with E-state index in [2.05, 4.69) is 26.2 Å². The summed E-state index contributed by atoms with van der Waals surface area (Å²) in [5, 5.41) is 3.19. The minimum atomic E-state index is -0.394. The molecule has 124 valence electrons. The number of thiocarbonyl (C=S) groups is 1. The molecular weight excluding hydrogens is 378 g/mol. The maximum absolute atomic E-state index is 12.6. The Labute approximate surface area is 150 Å². The van der Waals surface area contributed by atoms with Gasteiger partial charge in [-0.25, -0.2) is 4.99 Å². The molecule has 0 saturated heterocycles. The minimum Gasteiger partial charge on any atom is -0.354 e. The fraction of sp³-hybridized carbons (Fsp3) is 0.500. The number of nitrogens with zero attached hydrogens (tertiary/aromatic N) is 2. The predicted octanol–water partition coefficient (Wildman–Crippen LogP) is 2.71. The highest BCUT2D eigenvalue weighted by Gasteiger charge is 2.34. The third-order valence-corrected chi connectivity index (χ3v) is 4.69. The van der Waals surface area contributed by atoms with Crippen molar-refractivity contribution in [2.75, 3.05) is 6.54 Å². The number of aliphatic imine (C=N–C) groups is 1. The topological polar surface area (TPSA) is 61.8 Å². The molecule has 5 nitrogen and oxygen atoms in total. The molecule has 2 amide bonds. The van der Waals surface area contributed by atoms with E-state index in [1.165, 1.54) is 4.90 Å². The van der Waals surface area contributed by atoms with Gasteiger partial charge >= 0.3 is 0 Å². The average Bonchev–Trinajstić information content (AvgIpc) is 2.51. The molecule has 23 heavy (non-hydrogen) atoms. The molecule has 0 spiro atoms. The number of amides is 2. The monoisotopic (exact) mass is 397 g/mol. The van der Waals surface area contributed by atoms with Crippen LogP contribution in [-0.4, -0.2) is 40.1 Å². The van der Waals surface area contributed by atoms with Crippen molar-refractivity contribution in [2.24, 2.45) is 10.9 Å². The van der Waals surface area contributed by atoms with Crippen molar-refractivity contribution in [1.29, 1.82) is 0 Å². The summed E-state index contributed by atoms with van der Waals surface area (Å²) in [5.74, 6) is -0.471. The largest absolute Gasteiger partial charge is 0.354 e. The number of carbonyl (C=O) groups is 2. The first kappa shape index (κ1) is 18.0. The van der Waals surface area contributed by atoms with E-state index < -0.39 is 5.92 Å². The number of hydrogen-bond acceptors (Lipinski definition) is 3. The molecule has 7 heteroatoms. The molecule has 0 bridgehead atoms. The molecule has 2 aliphatic rings. The van der Waals surface area contributed by atoms with Crippen LogP contribution in [0.1, 0.15) is 33.1 Å².